The normalized spacial score (nSPS) is 13.6. The predicted molar refractivity (Wildman–Crippen MR) is 58.8 cm³/mol. The molecular formula is C9H20N4O2. The molecule has 0 aromatic rings. The van der Waals surface area contributed by atoms with E-state index in [-0.39, 0.29) is 17.8 Å². The van der Waals surface area contributed by atoms with E-state index in [0.29, 0.717) is 25.9 Å². The second-order valence-corrected chi connectivity index (χ2v) is 3.14. The Morgan fingerprint density at radius 1 is 1.53 bits per heavy atom. The number of rotatable bonds is 7. The van der Waals surface area contributed by atoms with Crippen LogP contribution in [-0.2, 0) is 4.79 Å². The van der Waals surface area contributed by atoms with E-state index in [1.54, 1.807) is 0 Å². The fourth-order valence-electron chi connectivity index (χ4n) is 1.17. The predicted octanol–water partition coefficient (Wildman–Crippen LogP) is -0.373. The fourth-order valence-corrected chi connectivity index (χ4v) is 1.17. The first kappa shape index (κ1) is 13.7. The lowest BCUT2D eigenvalue weighted by atomic mass is 10.2. The van der Waals surface area contributed by atoms with Crippen LogP contribution in [0.15, 0.2) is 5.16 Å². The lowest BCUT2D eigenvalue weighted by Crippen LogP contribution is -2.42. The van der Waals surface area contributed by atoms with Gasteiger partial charge < -0.3 is 21.6 Å². The second kappa shape index (κ2) is 8.05. The number of nitrogens with zero attached hydrogens (tertiary/aromatic N) is 1. The molecule has 0 radical (unpaired) electrons. The zero-order valence-corrected chi connectivity index (χ0v) is 9.29. The summed E-state index contributed by atoms with van der Waals surface area (Å²) in [6.45, 7) is 4.94. The zero-order valence-electron chi connectivity index (χ0n) is 9.29. The quantitative estimate of drug-likeness (QED) is 0.202. The van der Waals surface area contributed by atoms with Crippen molar-refractivity contribution in [3.63, 3.8) is 0 Å². The van der Waals surface area contributed by atoms with Crippen molar-refractivity contribution in [2.75, 3.05) is 13.1 Å². The lowest BCUT2D eigenvalue weighted by Gasteiger charge is -2.14. The van der Waals surface area contributed by atoms with Crippen molar-refractivity contribution in [3.05, 3.63) is 0 Å². The SMILES string of the molecule is CCNC(=O)CCNC(CC)C(N)=NO. The Balaban J connectivity index is 3.77. The summed E-state index contributed by atoms with van der Waals surface area (Å²) >= 11 is 0. The smallest absolute Gasteiger partial charge is 0.221 e. The maximum atomic E-state index is 11.1. The van der Waals surface area contributed by atoms with Crippen molar-refractivity contribution >= 4 is 11.7 Å². The minimum Gasteiger partial charge on any atom is -0.409 e. The molecule has 15 heavy (non-hydrogen) atoms. The molecule has 1 amide bonds. The van der Waals surface area contributed by atoms with Gasteiger partial charge in [-0.05, 0) is 13.3 Å². The molecule has 0 aliphatic heterocycles. The zero-order chi connectivity index (χ0) is 11.7. The van der Waals surface area contributed by atoms with E-state index in [4.69, 9.17) is 10.9 Å². The molecule has 0 heterocycles. The highest BCUT2D eigenvalue weighted by Crippen LogP contribution is 1.91. The van der Waals surface area contributed by atoms with Crippen molar-refractivity contribution < 1.29 is 10.0 Å². The molecule has 6 heteroatoms. The monoisotopic (exact) mass is 216 g/mol. The van der Waals surface area contributed by atoms with Gasteiger partial charge in [0.05, 0.1) is 6.04 Å². The molecule has 0 bridgehead atoms. The number of carbonyl (C=O) groups excluding carboxylic acids is 1. The van der Waals surface area contributed by atoms with E-state index in [2.05, 4.69) is 15.8 Å². The molecule has 0 aromatic carbocycles. The van der Waals surface area contributed by atoms with E-state index in [0.717, 1.165) is 0 Å². The molecular weight excluding hydrogens is 196 g/mol. The van der Waals surface area contributed by atoms with Gasteiger partial charge in [-0.3, -0.25) is 4.79 Å². The summed E-state index contributed by atoms with van der Waals surface area (Å²) in [4.78, 5) is 11.1. The van der Waals surface area contributed by atoms with Gasteiger partial charge in [-0.2, -0.15) is 0 Å². The summed E-state index contributed by atoms with van der Waals surface area (Å²) in [7, 11) is 0. The average molecular weight is 216 g/mol. The molecule has 0 saturated carbocycles. The third-order valence-corrected chi connectivity index (χ3v) is 2.00. The van der Waals surface area contributed by atoms with E-state index in [9.17, 15) is 4.79 Å². The minimum atomic E-state index is -0.176. The molecule has 0 saturated heterocycles. The van der Waals surface area contributed by atoms with Gasteiger partial charge in [0.1, 0.15) is 0 Å². The first-order valence-electron chi connectivity index (χ1n) is 5.13. The van der Waals surface area contributed by atoms with Gasteiger partial charge in [0.25, 0.3) is 0 Å². The van der Waals surface area contributed by atoms with Crippen LogP contribution >= 0.6 is 0 Å². The van der Waals surface area contributed by atoms with Crippen LogP contribution in [0.1, 0.15) is 26.7 Å². The van der Waals surface area contributed by atoms with Crippen molar-refractivity contribution in [2.24, 2.45) is 10.9 Å². The van der Waals surface area contributed by atoms with E-state index in [1.165, 1.54) is 0 Å². The Morgan fingerprint density at radius 3 is 2.67 bits per heavy atom. The van der Waals surface area contributed by atoms with Crippen LogP contribution in [0.5, 0.6) is 0 Å². The van der Waals surface area contributed by atoms with Gasteiger partial charge in [0.2, 0.25) is 5.91 Å². The molecule has 5 N–H and O–H groups in total. The number of hydrogen-bond acceptors (Lipinski definition) is 4. The van der Waals surface area contributed by atoms with Crippen LogP contribution in [0.25, 0.3) is 0 Å². The molecule has 0 rings (SSSR count). The maximum Gasteiger partial charge on any atom is 0.221 e. The van der Waals surface area contributed by atoms with Crippen LogP contribution in [-0.4, -0.2) is 36.1 Å². The minimum absolute atomic E-state index is 0.000591. The molecule has 88 valence electrons. The van der Waals surface area contributed by atoms with Crippen LogP contribution in [0.3, 0.4) is 0 Å². The molecule has 0 aromatic heterocycles. The summed E-state index contributed by atoms with van der Waals surface area (Å²) in [5.41, 5.74) is 5.44. The van der Waals surface area contributed by atoms with Gasteiger partial charge >= 0.3 is 0 Å². The van der Waals surface area contributed by atoms with Gasteiger partial charge in [-0.15, -0.1) is 0 Å². The van der Waals surface area contributed by atoms with Crippen LogP contribution in [0.4, 0.5) is 0 Å². The highest BCUT2D eigenvalue weighted by molar-refractivity contribution is 5.85. The Bertz CT molecular complexity index is 218. The molecule has 1 atom stereocenters. The van der Waals surface area contributed by atoms with E-state index in [1.807, 2.05) is 13.8 Å². The number of amidine groups is 1. The largest absolute Gasteiger partial charge is 0.409 e. The van der Waals surface area contributed by atoms with E-state index >= 15 is 0 Å². The summed E-state index contributed by atoms with van der Waals surface area (Å²) < 4.78 is 0. The molecule has 0 fully saturated rings. The molecule has 0 spiro atoms. The number of nitrogens with two attached hydrogens (primary N) is 1. The topological polar surface area (TPSA) is 99.7 Å². The highest BCUT2D eigenvalue weighted by Gasteiger charge is 2.10. The maximum absolute atomic E-state index is 11.1. The van der Waals surface area contributed by atoms with Gasteiger partial charge in [-0.25, -0.2) is 0 Å². The number of nitrogens with one attached hydrogen (secondary N) is 2. The first-order valence-corrected chi connectivity index (χ1v) is 5.13. The number of amides is 1. The van der Waals surface area contributed by atoms with Crippen LogP contribution in [0.2, 0.25) is 0 Å². The lowest BCUT2D eigenvalue weighted by molar-refractivity contribution is -0.120. The summed E-state index contributed by atoms with van der Waals surface area (Å²) in [6, 6.07) is -0.176. The number of hydrogen-bond donors (Lipinski definition) is 4. The third kappa shape index (κ3) is 5.90. The Morgan fingerprint density at radius 2 is 2.20 bits per heavy atom. The Hall–Kier alpha value is -1.30. The summed E-state index contributed by atoms with van der Waals surface area (Å²) in [5, 5.41) is 17.1. The van der Waals surface area contributed by atoms with Crippen molar-refractivity contribution in [3.8, 4) is 0 Å². The Labute approximate surface area is 89.9 Å². The van der Waals surface area contributed by atoms with Gasteiger partial charge in [-0.1, -0.05) is 12.1 Å². The summed E-state index contributed by atoms with van der Waals surface area (Å²) in [6.07, 6.45) is 1.11. The Kier molecular flexibility index (Phi) is 7.35. The van der Waals surface area contributed by atoms with Crippen LogP contribution in [0, 0.1) is 0 Å². The van der Waals surface area contributed by atoms with Crippen molar-refractivity contribution in [1.29, 1.82) is 0 Å². The van der Waals surface area contributed by atoms with Crippen molar-refractivity contribution in [2.45, 2.75) is 32.7 Å². The average Bonchev–Trinajstić information content (AvgIpc) is 2.24. The highest BCUT2D eigenvalue weighted by atomic mass is 16.4. The molecule has 6 nitrogen and oxygen atoms in total. The molecule has 1 unspecified atom stereocenters. The molecule has 0 aliphatic carbocycles. The third-order valence-electron chi connectivity index (χ3n) is 2.00. The second-order valence-electron chi connectivity index (χ2n) is 3.14. The van der Waals surface area contributed by atoms with Gasteiger partial charge in [0, 0.05) is 19.5 Å². The molecule has 0 aliphatic rings. The van der Waals surface area contributed by atoms with Crippen LogP contribution < -0.4 is 16.4 Å². The van der Waals surface area contributed by atoms with Gasteiger partial charge in [0.15, 0.2) is 5.84 Å². The first-order chi connectivity index (χ1) is 7.15. The van der Waals surface area contributed by atoms with E-state index < -0.39 is 0 Å². The number of oxime groups is 1. The number of carbonyl (C=O) groups is 1. The standard InChI is InChI=1S/C9H20N4O2/c1-3-7(9(10)13-15)12-6-5-8(14)11-4-2/h7,12,15H,3-6H2,1-2H3,(H2,10,13)(H,11,14). The van der Waals surface area contributed by atoms with Crippen molar-refractivity contribution in [1.82, 2.24) is 10.6 Å². The summed E-state index contributed by atoms with van der Waals surface area (Å²) in [5.74, 6) is 0.146. The fraction of sp³-hybridized carbons (Fsp3) is 0.778.